The Morgan fingerprint density at radius 2 is 1.93 bits per heavy atom. The molecule has 0 unspecified atom stereocenters. The molecule has 4 nitrogen and oxygen atoms in total. The zero-order chi connectivity index (χ0) is 21.0. The van der Waals surface area contributed by atoms with Gasteiger partial charge in [0.2, 0.25) is 7.98 Å². The van der Waals surface area contributed by atoms with Gasteiger partial charge in [-0.1, -0.05) is 18.2 Å². The van der Waals surface area contributed by atoms with Crippen molar-refractivity contribution >= 4 is 25.3 Å². The molecule has 1 aliphatic heterocycles. The van der Waals surface area contributed by atoms with Crippen LogP contribution in [0.1, 0.15) is 24.6 Å². The monoisotopic (exact) mass is 397 g/mol. The standard InChI is InChI=1S/C21H19BF3N3O/c1-14-13-16(7-4-15-5-8-17(9-6-15)29-21(23,24)25)27-20(14)18(10-11-26)19-3-2-12-28(19)22/h2-9,12-13H,10-11,26H2,1H3/b7-4+,20-18-. The smallest absolute Gasteiger partial charge is 0.406 e. The summed E-state index contributed by atoms with van der Waals surface area (Å²) in [5, 5.41) is 0. The van der Waals surface area contributed by atoms with Gasteiger partial charge in [0.1, 0.15) is 5.75 Å². The van der Waals surface area contributed by atoms with E-state index in [1.807, 2.05) is 25.1 Å². The molecule has 0 aliphatic carbocycles. The van der Waals surface area contributed by atoms with Gasteiger partial charge in [-0.25, -0.2) is 4.99 Å². The third-order valence-corrected chi connectivity index (χ3v) is 4.31. The fourth-order valence-corrected chi connectivity index (χ4v) is 3.05. The molecule has 0 amide bonds. The highest BCUT2D eigenvalue weighted by molar-refractivity contribution is 6.11. The minimum absolute atomic E-state index is 0.259. The summed E-state index contributed by atoms with van der Waals surface area (Å²) in [5.74, 6) is -0.259. The Balaban J connectivity index is 1.82. The Labute approximate surface area is 168 Å². The molecule has 0 saturated carbocycles. The van der Waals surface area contributed by atoms with E-state index in [1.54, 1.807) is 35.0 Å². The molecule has 0 spiro atoms. The number of halogens is 3. The maximum absolute atomic E-state index is 12.2. The number of allylic oxidation sites excluding steroid dienone is 3. The lowest BCUT2D eigenvalue weighted by atomic mass is 10.0. The first kappa shape index (κ1) is 20.7. The quantitative estimate of drug-likeness (QED) is 0.731. The molecule has 1 aromatic heterocycles. The Morgan fingerprint density at radius 3 is 2.52 bits per heavy atom. The maximum Gasteiger partial charge on any atom is 0.573 e. The summed E-state index contributed by atoms with van der Waals surface area (Å²) < 4.78 is 42.1. The Bertz CT molecular complexity index is 999. The van der Waals surface area contributed by atoms with Crippen molar-refractivity contribution in [3.63, 3.8) is 0 Å². The van der Waals surface area contributed by atoms with Crippen LogP contribution in [0, 0.1) is 0 Å². The zero-order valence-electron chi connectivity index (χ0n) is 15.8. The molecule has 8 heteroatoms. The average Bonchev–Trinajstić information content (AvgIpc) is 3.23. The van der Waals surface area contributed by atoms with E-state index in [4.69, 9.17) is 13.7 Å². The molecule has 2 radical (unpaired) electrons. The lowest BCUT2D eigenvalue weighted by molar-refractivity contribution is -0.274. The first-order valence-electron chi connectivity index (χ1n) is 8.94. The molecular weight excluding hydrogens is 378 g/mol. The van der Waals surface area contributed by atoms with Crippen molar-refractivity contribution in [1.29, 1.82) is 0 Å². The van der Waals surface area contributed by atoms with Gasteiger partial charge in [0.05, 0.1) is 11.4 Å². The third kappa shape index (κ3) is 5.29. The largest absolute Gasteiger partial charge is 0.573 e. The highest BCUT2D eigenvalue weighted by Gasteiger charge is 2.30. The molecule has 148 valence electrons. The lowest BCUT2D eigenvalue weighted by Crippen LogP contribution is -2.16. The fourth-order valence-electron chi connectivity index (χ4n) is 3.05. The second kappa shape index (κ2) is 8.57. The molecule has 0 bridgehead atoms. The van der Waals surface area contributed by atoms with Crippen molar-refractivity contribution in [2.24, 2.45) is 10.7 Å². The van der Waals surface area contributed by atoms with Gasteiger partial charge in [0.15, 0.2) is 0 Å². The molecule has 2 N–H and O–H groups in total. The number of benzene rings is 1. The van der Waals surface area contributed by atoms with Crippen molar-refractivity contribution < 1.29 is 17.9 Å². The van der Waals surface area contributed by atoms with Gasteiger partial charge in [-0.05, 0) is 73.6 Å². The van der Waals surface area contributed by atoms with Crippen LogP contribution in [0.2, 0.25) is 0 Å². The molecule has 29 heavy (non-hydrogen) atoms. The fraction of sp³-hybridized carbons (Fsp3) is 0.190. The second-order valence-corrected chi connectivity index (χ2v) is 6.48. The SMILES string of the molecule is [B]n1cccc1/C(CCN)=C1N=C(/C=C/c2ccc(OC(F)(F)F)cc2)C=C\1C. The van der Waals surface area contributed by atoms with Crippen LogP contribution in [-0.4, -0.2) is 31.1 Å². The average molecular weight is 397 g/mol. The van der Waals surface area contributed by atoms with Gasteiger partial charge >= 0.3 is 6.36 Å². The summed E-state index contributed by atoms with van der Waals surface area (Å²) >= 11 is 0. The van der Waals surface area contributed by atoms with Crippen molar-refractivity contribution in [2.45, 2.75) is 19.7 Å². The molecule has 3 rings (SSSR count). The van der Waals surface area contributed by atoms with Crippen LogP contribution in [0.3, 0.4) is 0 Å². The normalized spacial score (nSPS) is 16.2. The number of ether oxygens (including phenoxy) is 1. The molecular formula is C21H19BF3N3O. The van der Waals surface area contributed by atoms with E-state index in [1.165, 1.54) is 12.1 Å². The van der Waals surface area contributed by atoms with E-state index < -0.39 is 6.36 Å². The molecule has 2 heterocycles. The Hall–Kier alpha value is -3.00. The van der Waals surface area contributed by atoms with E-state index in [9.17, 15) is 13.2 Å². The minimum Gasteiger partial charge on any atom is -0.406 e. The van der Waals surface area contributed by atoms with Gasteiger partial charge in [0, 0.05) is 11.3 Å². The predicted molar refractivity (Wildman–Crippen MR) is 110 cm³/mol. The minimum atomic E-state index is -4.70. The molecule has 0 saturated heterocycles. The highest BCUT2D eigenvalue weighted by Crippen LogP contribution is 2.31. The summed E-state index contributed by atoms with van der Waals surface area (Å²) in [6.07, 6.45) is 3.20. The number of nitrogens with zero attached hydrogens (tertiary/aromatic N) is 2. The van der Waals surface area contributed by atoms with Gasteiger partial charge in [0.25, 0.3) is 0 Å². The summed E-state index contributed by atoms with van der Waals surface area (Å²) in [6.45, 7) is 2.42. The number of rotatable bonds is 6. The van der Waals surface area contributed by atoms with E-state index in [2.05, 4.69) is 9.73 Å². The van der Waals surface area contributed by atoms with Crippen molar-refractivity contribution in [3.8, 4) is 5.75 Å². The van der Waals surface area contributed by atoms with E-state index in [0.29, 0.717) is 13.0 Å². The number of aromatic nitrogens is 1. The number of alkyl halides is 3. The second-order valence-electron chi connectivity index (χ2n) is 6.48. The third-order valence-electron chi connectivity index (χ3n) is 4.31. The summed E-state index contributed by atoms with van der Waals surface area (Å²) in [5.41, 5.74) is 10.9. The van der Waals surface area contributed by atoms with Crippen LogP contribution in [-0.2, 0) is 0 Å². The lowest BCUT2D eigenvalue weighted by Gasteiger charge is -2.11. The summed E-state index contributed by atoms with van der Waals surface area (Å²) in [6, 6.07) is 9.40. The molecule has 2 aromatic rings. The predicted octanol–water partition coefficient (Wildman–Crippen LogP) is 4.49. The zero-order valence-corrected chi connectivity index (χ0v) is 15.8. The molecule has 0 atom stereocenters. The van der Waals surface area contributed by atoms with Crippen LogP contribution < -0.4 is 10.5 Å². The van der Waals surface area contributed by atoms with Crippen molar-refractivity contribution in [3.05, 3.63) is 77.3 Å². The van der Waals surface area contributed by atoms with Crippen LogP contribution in [0.15, 0.2) is 71.0 Å². The number of hydrogen-bond acceptors (Lipinski definition) is 3. The van der Waals surface area contributed by atoms with E-state index in [-0.39, 0.29) is 5.75 Å². The van der Waals surface area contributed by atoms with Gasteiger partial charge in [-0.2, -0.15) is 0 Å². The topological polar surface area (TPSA) is 52.5 Å². The summed E-state index contributed by atoms with van der Waals surface area (Å²) in [4.78, 5) is 4.69. The van der Waals surface area contributed by atoms with E-state index >= 15 is 0 Å². The first-order valence-corrected chi connectivity index (χ1v) is 8.94. The summed E-state index contributed by atoms with van der Waals surface area (Å²) in [7, 11) is 5.98. The van der Waals surface area contributed by atoms with Crippen molar-refractivity contribution in [2.75, 3.05) is 6.54 Å². The first-order chi connectivity index (χ1) is 13.8. The van der Waals surface area contributed by atoms with Crippen molar-refractivity contribution in [1.82, 2.24) is 4.48 Å². The van der Waals surface area contributed by atoms with Crippen LogP contribution >= 0.6 is 0 Å². The number of nitrogens with two attached hydrogens (primary N) is 1. The van der Waals surface area contributed by atoms with Crippen LogP contribution in [0.25, 0.3) is 11.6 Å². The van der Waals surface area contributed by atoms with Gasteiger partial charge < -0.3 is 14.9 Å². The molecule has 1 aromatic carbocycles. The van der Waals surface area contributed by atoms with Gasteiger partial charge in [-0.15, -0.1) is 13.2 Å². The Morgan fingerprint density at radius 1 is 1.21 bits per heavy atom. The highest BCUT2D eigenvalue weighted by atomic mass is 19.4. The Kier molecular flexibility index (Phi) is 6.13. The number of hydrogen-bond donors (Lipinski definition) is 1. The molecule has 0 fully saturated rings. The van der Waals surface area contributed by atoms with Gasteiger partial charge in [-0.3, -0.25) is 0 Å². The number of aliphatic imine (C=N–C) groups is 1. The molecule has 1 aliphatic rings. The van der Waals surface area contributed by atoms with Crippen LogP contribution in [0.4, 0.5) is 13.2 Å². The van der Waals surface area contributed by atoms with E-state index in [0.717, 1.165) is 33.8 Å². The maximum atomic E-state index is 12.2. The van der Waals surface area contributed by atoms with Crippen LogP contribution in [0.5, 0.6) is 5.75 Å².